The molecule has 3 aromatic carbocycles. The van der Waals surface area contributed by atoms with Crippen LogP contribution in [0.25, 0.3) is 0 Å². The Morgan fingerprint density at radius 3 is 1.72 bits per heavy atom. The van der Waals surface area contributed by atoms with Gasteiger partial charge in [0.25, 0.3) is 0 Å². The number of benzene rings is 3. The Morgan fingerprint density at radius 1 is 0.674 bits per heavy atom. The van der Waals surface area contributed by atoms with Crippen LogP contribution in [0.3, 0.4) is 0 Å². The summed E-state index contributed by atoms with van der Waals surface area (Å²) in [6.45, 7) is 0.184. The van der Waals surface area contributed by atoms with Gasteiger partial charge in [0.05, 0.1) is 6.04 Å². The van der Waals surface area contributed by atoms with Gasteiger partial charge < -0.3 is 44.0 Å². The van der Waals surface area contributed by atoms with Crippen molar-refractivity contribution >= 4 is 29.6 Å². The van der Waals surface area contributed by atoms with Gasteiger partial charge in [0.2, 0.25) is 23.6 Å². The van der Waals surface area contributed by atoms with Crippen molar-refractivity contribution in [3.05, 3.63) is 102 Å². The van der Waals surface area contributed by atoms with Crippen molar-refractivity contribution in [2.45, 2.75) is 56.3 Å². The molecule has 0 heterocycles. The normalized spacial score (nSPS) is 13.6. The molecule has 46 heavy (non-hydrogen) atoms. The number of phenols is 1. The summed E-state index contributed by atoms with van der Waals surface area (Å²) in [6, 6.07) is 19.9. The molecule has 0 saturated heterocycles. The van der Waals surface area contributed by atoms with Crippen LogP contribution >= 0.6 is 0 Å². The van der Waals surface area contributed by atoms with E-state index in [9.17, 15) is 24.3 Å². The first-order chi connectivity index (χ1) is 22.5. The topological polar surface area (TPSA) is 241 Å². The molecular formula is C33H42N8O5. The lowest BCUT2D eigenvalue weighted by Crippen LogP contribution is -2.58. The molecule has 13 heteroatoms. The van der Waals surface area contributed by atoms with Gasteiger partial charge >= 0.3 is 0 Å². The van der Waals surface area contributed by atoms with Crippen LogP contribution in [0.1, 0.15) is 29.5 Å². The highest BCUT2D eigenvalue weighted by molar-refractivity contribution is 5.94. The molecule has 13 nitrogen and oxygen atoms in total. The van der Waals surface area contributed by atoms with Crippen LogP contribution in [-0.2, 0) is 38.4 Å². The standard InChI is InChI=1S/C33H42N8O5/c34-25(18-23-13-15-24(42)16-14-23)30(44)39-26(12-7-17-38-33(36)37)31(45)41-28(20-22-10-5-2-6-11-22)32(46)40-27(29(35)43)19-21-8-3-1-4-9-21/h1-6,8-11,13-16,25-28,42H,7,12,17-20,34H2,(H2,35,43)(H,39,44)(H,40,46)(H,41,45)(H4,36,37,38)/t25-,26-,27-,28-/m0/s1/i/hD. The summed E-state index contributed by atoms with van der Waals surface area (Å²) in [7, 11) is 0. The zero-order chi connectivity index (χ0) is 34.2. The lowest BCUT2D eigenvalue weighted by Gasteiger charge is -2.25. The number of phenolic OH excluding ortho intramolecular Hbond substituents is 1. The Balaban J connectivity index is 1.81. The minimum atomic E-state index is -1.14. The fourth-order valence-corrected chi connectivity index (χ4v) is 4.68. The molecule has 0 saturated carbocycles. The minimum Gasteiger partial charge on any atom is -0.508 e. The molecule has 4 atom stereocenters. The molecule has 0 aromatic heterocycles. The molecule has 3 aromatic rings. The number of aromatic hydroxyl groups is 1. The number of carbonyl (C=O) groups is 4. The molecule has 4 amide bonds. The smallest absolute Gasteiger partial charge is 0.243 e. The summed E-state index contributed by atoms with van der Waals surface area (Å²) in [5.74, 6) is -2.73. The maximum Gasteiger partial charge on any atom is 0.243 e. The number of amides is 4. The van der Waals surface area contributed by atoms with Crippen LogP contribution in [-0.4, -0.2) is 65.4 Å². The fourth-order valence-electron chi connectivity index (χ4n) is 4.68. The van der Waals surface area contributed by atoms with Crippen molar-refractivity contribution in [2.24, 2.45) is 27.9 Å². The lowest BCUT2D eigenvalue weighted by atomic mass is 10.0. The predicted molar refractivity (Wildman–Crippen MR) is 175 cm³/mol. The Labute approximate surface area is 269 Å². The fraction of sp³-hybridized carbons (Fsp3) is 0.303. The molecular weight excluding hydrogens is 588 g/mol. The molecule has 0 radical (unpaired) electrons. The first-order valence-electron chi connectivity index (χ1n) is 15.3. The van der Waals surface area contributed by atoms with Crippen molar-refractivity contribution in [1.29, 1.82) is 0 Å². The van der Waals surface area contributed by atoms with Crippen LogP contribution in [0.4, 0.5) is 0 Å². The number of aliphatic imine (C=N–C) groups is 1. The highest BCUT2D eigenvalue weighted by Crippen LogP contribution is 2.12. The third-order valence-corrected chi connectivity index (χ3v) is 7.13. The number of nitrogens with one attached hydrogen (secondary N) is 3. The van der Waals surface area contributed by atoms with Crippen molar-refractivity contribution in [2.75, 3.05) is 6.54 Å². The third kappa shape index (κ3) is 11.9. The highest BCUT2D eigenvalue weighted by Gasteiger charge is 2.30. The first kappa shape index (κ1) is 33.5. The largest absolute Gasteiger partial charge is 0.508 e. The summed E-state index contributed by atoms with van der Waals surface area (Å²) in [6.07, 6.45) is 0.758. The van der Waals surface area contributed by atoms with Crippen LogP contribution in [0.5, 0.6) is 5.75 Å². The average Bonchev–Trinajstić information content (AvgIpc) is 3.05. The van der Waals surface area contributed by atoms with E-state index in [-0.39, 0.29) is 43.9 Å². The van der Waals surface area contributed by atoms with E-state index in [1.165, 1.54) is 12.1 Å². The SMILES string of the molecule is [2H]N[C@@H](Cc1ccc(O)cc1)C(=O)N[C@@H](CCCN=C(N)N)C(=O)N[C@@H](Cc1ccccc1)C(=O)N[C@@H](Cc1ccccc1)C(N)=O. The van der Waals surface area contributed by atoms with Gasteiger partial charge in [-0.1, -0.05) is 72.8 Å². The number of nitrogens with zero attached hydrogens (tertiary/aromatic N) is 1. The number of primary amides is 1. The molecule has 0 aliphatic carbocycles. The second-order valence-electron chi connectivity index (χ2n) is 10.8. The van der Waals surface area contributed by atoms with Gasteiger partial charge in [-0.05, 0) is 48.1 Å². The van der Waals surface area contributed by atoms with Gasteiger partial charge in [-0.3, -0.25) is 24.2 Å². The molecule has 3 rings (SSSR count). The van der Waals surface area contributed by atoms with Gasteiger partial charge in [0.15, 0.2) is 5.96 Å². The van der Waals surface area contributed by atoms with Gasteiger partial charge in [0, 0.05) is 19.4 Å². The number of carbonyl (C=O) groups excluding carboxylic acids is 4. The summed E-state index contributed by atoms with van der Waals surface area (Å²) in [4.78, 5) is 56.9. The van der Waals surface area contributed by atoms with E-state index < -0.39 is 47.8 Å². The van der Waals surface area contributed by atoms with E-state index in [0.717, 1.165) is 11.1 Å². The number of rotatable bonds is 18. The molecule has 0 unspecified atom stereocenters. The maximum atomic E-state index is 13.8. The van der Waals surface area contributed by atoms with Crippen molar-refractivity contribution in [3.63, 3.8) is 0 Å². The van der Waals surface area contributed by atoms with E-state index in [2.05, 4.69) is 26.7 Å². The molecule has 0 fully saturated rings. The van der Waals surface area contributed by atoms with E-state index in [1.807, 2.05) is 24.3 Å². The third-order valence-electron chi connectivity index (χ3n) is 7.13. The van der Waals surface area contributed by atoms with Crippen LogP contribution in [0.15, 0.2) is 89.9 Å². The first-order valence-corrected chi connectivity index (χ1v) is 14.8. The zero-order valence-electron chi connectivity index (χ0n) is 26.4. The molecule has 244 valence electrons. The summed E-state index contributed by atoms with van der Waals surface area (Å²) >= 11 is 0. The van der Waals surface area contributed by atoms with E-state index >= 15 is 0 Å². The monoisotopic (exact) mass is 631 g/mol. The van der Waals surface area contributed by atoms with Crippen molar-refractivity contribution < 1.29 is 25.7 Å². The number of nitrogens with two attached hydrogens (primary N) is 4. The Bertz CT molecular complexity index is 1490. The quantitative estimate of drug-likeness (QED) is 0.0527. The van der Waals surface area contributed by atoms with Crippen LogP contribution in [0, 0.1) is 0 Å². The molecule has 0 aliphatic rings. The molecule has 0 aliphatic heterocycles. The van der Waals surface area contributed by atoms with E-state index in [4.69, 9.17) is 18.6 Å². The number of guanidine groups is 1. The Kier molecular flexibility index (Phi) is 12.9. The highest BCUT2D eigenvalue weighted by atomic mass is 16.3. The lowest BCUT2D eigenvalue weighted by molar-refractivity contribution is -0.133. The Morgan fingerprint density at radius 2 is 1.17 bits per heavy atom. The van der Waals surface area contributed by atoms with Crippen LogP contribution < -0.4 is 38.9 Å². The van der Waals surface area contributed by atoms with E-state index in [0.29, 0.717) is 12.0 Å². The number of hydrogen-bond donors (Lipinski definition) is 8. The molecule has 0 bridgehead atoms. The van der Waals surface area contributed by atoms with Gasteiger partial charge in [-0.2, -0.15) is 0 Å². The Hall–Kier alpha value is -5.43. The second kappa shape index (κ2) is 17.8. The van der Waals surface area contributed by atoms with Crippen LogP contribution in [0.2, 0.25) is 1.41 Å². The van der Waals surface area contributed by atoms with Crippen molar-refractivity contribution in [1.82, 2.24) is 16.0 Å². The maximum absolute atomic E-state index is 13.8. The molecule has 0 spiro atoms. The molecule has 12 N–H and O–H groups in total. The summed E-state index contributed by atoms with van der Waals surface area (Å²) in [5.41, 5.74) is 20.9. The second-order valence-corrected chi connectivity index (χ2v) is 10.8. The predicted octanol–water partition coefficient (Wildman–Crippen LogP) is -0.259. The minimum absolute atomic E-state index is 0.0578. The van der Waals surface area contributed by atoms with Gasteiger partial charge in [0.1, 0.15) is 25.3 Å². The van der Waals surface area contributed by atoms with Gasteiger partial charge in [-0.25, -0.2) is 0 Å². The summed E-state index contributed by atoms with van der Waals surface area (Å²) in [5, 5.41) is 17.7. The summed E-state index contributed by atoms with van der Waals surface area (Å²) < 4.78 is 7.73. The van der Waals surface area contributed by atoms with Gasteiger partial charge in [-0.15, -0.1) is 0 Å². The average molecular weight is 632 g/mol. The van der Waals surface area contributed by atoms with E-state index in [1.54, 1.807) is 48.5 Å². The number of hydrogen-bond acceptors (Lipinski definition) is 7. The van der Waals surface area contributed by atoms with Crippen molar-refractivity contribution in [3.8, 4) is 5.75 Å². The zero-order valence-corrected chi connectivity index (χ0v) is 25.4.